The Bertz CT molecular complexity index is 903. The van der Waals surface area contributed by atoms with Gasteiger partial charge in [0, 0.05) is 42.1 Å². The number of hydrogen-bond acceptors (Lipinski definition) is 2. The van der Waals surface area contributed by atoms with Gasteiger partial charge in [0.2, 0.25) is 0 Å². The van der Waals surface area contributed by atoms with Crippen molar-refractivity contribution in [2.24, 2.45) is 0 Å². The van der Waals surface area contributed by atoms with Gasteiger partial charge in [0.05, 0.1) is 5.69 Å². The van der Waals surface area contributed by atoms with Crippen molar-refractivity contribution in [3.63, 3.8) is 0 Å². The number of aryl methyl sites for hydroxylation is 1. The largest absolute Gasteiger partial charge is 0.300 e. The van der Waals surface area contributed by atoms with E-state index in [-0.39, 0.29) is 0 Å². The fourth-order valence-corrected chi connectivity index (χ4v) is 2.57. The number of rotatable bonds is 2. The number of aromatic nitrogens is 4. The van der Waals surface area contributed by atoms with E-state index in [2.05, 4.69) is 51.9 Å². The highest BCUT2D eigenvalue weighted by molar-refractivity contribution is 5.65. The Labute approximate surface area is 122 Å². The number of para-hydroxylation sites is 1. The maximum Gasteiger partial charge on any atom is 0.140 e. The zero-order valence-corrected chi connectivity index (χ0v) is 11.6. The molecule has 4 heteroatoms. The lowest BCUT2D eigenvalue weighted by atomic mass is 10.2. The molecule has 0 saturated heterocycles. The normalized spacial score (nSPS) is 11.1. The molecule has 102 valence electrons. The zero-order chi connectivity index (χ0) is 14.2. The molecule has 0 amide bonds. The fourth-order valence-electron chi connectivity index (χ4n) is 2.57. The molecule has 1 aromatic carbocycles. The fraction of sp³-hybridized carbons (Fsp3) is 0.0588. The highest BCUT2D eigenvalue weighted by atomic mass is 15.3. The third-order valence-electron chi connectivity index (χ3n) is 3.65. The van der Waals surface area contributed by atoms with Gasteiger partial charge in [0.1, 0.15) is 5.65 Å². The molecule has 0 aliphatic carbocycles. The molecule has 4 nitrogen and oxygen atoms in total. The molecule has 0 N–H and O–H groups in total. The minimum atomic E-state index is 0.932. The number of nitrogens with zero attached hydrogens (tertiary/aromatic N) is 4. The average Bonchev–Trinajstić information content (AvgIpc) is 3.09. The molecular formula is C17H14N4. The molecule has 0 bridgehead atoms. The minimum absolute atomic E-state index is 0.932. The third-order valence-corrected chi connectivity index (χ3v) is 3.65. The SMILES string of the molecule is Cc1ccccc1-n1ccn2nc(-c3cccnc3)cc12. The van der Waals surface area contributed by atoms with Gasteiger partial charge in [-0.3, -0.25) is 9.55 Å². The second-order valence-corrected chi connectivity index (χ2v) is 5.03. The second-order valence-electron chi connectivity index (χ2n) is 5.03. The zero-order valence-electron chi connectivity index (χ0n) is 11.6. The number of fused-ring (bicyclic) bond motifs is 1. The Morgan fingerprint density at radius 1 is 1.00 bits per heavy atom. The summed E-state index contributed by atoms with van der Waals surface area (Å²) in [6, 6.07) is 14.4. The van der Waals surface area contributed by atoms with Gasteiger partial charge in [-0.15, -0.1) is 0 Å². The van der Waals surface area contributed by atoms with E-state index in [1.54, 1.807) is 6.20 Å². The first kappa shape index (κ1) is 11.9. The number of benzene rings is 1. The first-order valence-electron chi connectivity index (χ1n) is 6.86. The summed E-state index contributed by atoms with van der Waals surface area (Å²) in [7, 11) is 0. The van der Waals surface area contributed by atoms with Gasteiger partial charge in [0.15, 0.2) is 0 Å². The van der Waals surface area contributed by atoms with Crippen LogP contribution in [0, 0.1) is 6.92 Å². The summed E-state index contributed by atoms with van der Waals surface area (Å²) in [5, 5.41) is 4.61. The molecule has 0 aliphatic rings. The minimum Gasteiger partial charge on any atom is -0.300 e. The van der Waals surface area contributed by atoms with Crippen molar-refractivity contribution >= 4 is 5.65 Å². The summed E-state index contributed by atoms with van der Waals surface area (Å²) in [5.74, 6) is 0. The number of hydrogen-bond donors (Lipinski definition) is 0. The van der Waals surface area contributed by atoms with Crippen LogP contribution >= 0.6 is 0 Å². The summed E-state index contributed by atoms with van der Waals surface area (Å²) in [4.78, 5) is 4.15. The average molecular weight is 274 g/mol. The lowest BCUT2D eigenvalue weighted by Crippen LogP contribution is -1.94. The standard InChI is InChI=1S/C17H14N4/c1-13-5-2-3-7-16(13)20-9-10-21-17(20)11-15(19-21)14-6-4-8-18-12-14/h2-12H,1H3. The van der Waals surface area contributed by atoms with Crippen molar-refractivity contribution in [3.05, 3.63) is 72.8 Å². The van der Waals surface area contributed by atoms with Gasteiger partial charge in [-0.1, -0.05) is 18.2 Å². The molecule has 4 rings (SSSR count). The van der Waals surface area contributed by atoms with Crippen LogP contribution in [0.4, 0.5) is 0 Å². The van der Waals surface area contributed by atoms with Crippen molar-refractivity contribution < 1.29 is 0 Å². The van der Waals surface area contributed by atoms with E-state index in [9.17, 15) is 0 Å². The summed E-state index contributed by atoms with van der Waals surface area (Å²) in [5.41, 5.74) is 5.41. The monoisotopic (exact) mass is 274 g/mol. The molecule has 0 unspecified atom stereocenters. The number of pyridine rings is 1. The van der Waals surface area contributed by atoms with Gasteiger partial charge in [-0.2, -0.15) is 5.10 Å². The van der Waals surface area contributed by atoms with Crippen LogP contribution in [-0.4, -0.2) is 19.2 Å². The molecule has 3 aromatic heterocycles. The van der Waals surface area contributed by atoms with Gasteiger partial charge >= 0.3 is 0 Å². The van der Waals surface area contributed by atoms with Crippen molar-refractivity contribution in [2.75, 3.05) is 0 Å². The maximum atomic E-state index is 4.61. The summed E-state index contributed by atoms with van der Waals surface area (Å²) >= 11 is 0. The van der Waals surface area contributed by atoms with Crippen LogP contribution in [0.1, 0.15) is 5.56 Å². The van der Waals surface area contributed by atoms with E-state index in [0.717, 1.165) is 16.9 Å². The second kappa shape index (κ2) is 4.59. The molecular weight excluding hydrogens is 260 g/mol. The summed E-state index contributed by atoms with van der Waals surface area (Å²) < 4.78 is 4.05. The van der Waals surface area contributed by atoms with Gasteiger partial charge in [-0.05, 0) is 30.7 Å². The molecule has 4 aromatic rings. The lowest BCUT2D eigenvalue weighted by Gasteiger charge is -2.06. The molecule has 0 atom stereocenters. The molecule has 0 saturated carbocycles. The Hall–Kier alpha value is -2.88. The molecule has 0 radical (unpaired) electrons. The van der Waals surface area contributed by atoms with Crippen LogP contribution < -0.4 is 0 Å². The molecule has 3 heterocycles. The smallest absolute Gasteiger partial charge is 0.140 e. The molecule has 0 aliphatic heterocycles. The lowest BCUT2D eigenvalue weighted by molar-refractivity contribution is 0.967. The quantitative estimate of drug-likeness (QED) is 0.561. The van der Waals surface area contributed by atoms with Crippen LogP contribution in [-0.2, 0) is 0 Å². The van der Waals surface area contributed by atoms with Crippen molar-refractivity contribution in [1.82, 2.24) is 19.2 Å². The van der Waals surface area contributed by atoms with Gasteiger partial charge in [-0.25, -0.2) is 4.52 Å². The Morgan fingerprint density at radius 3 is 2.71 bits per heavy atom. The Balaban J connectivity index is 1.90. The molecule has 0 fully saturated rings. The van der Waals surface area contributed by atoms with E-state index < -0.39 is 0 Å². The topological polar surface area (TPSA) is 35.1 Å². The highest BCUT2D eigenvalue weighted by Crippen LogP contribution is 2.22. The van der Waals surface area contributed by atoms with Crippen LogP contribution in [0.3, 0.4) is 0 Å². The van der Waals surface area contributed by atoms with E-state index in [1.807, 2.05) is 35.2 Å². The van der Waals surface area contributed by atoms with Crippen molar-refractivity contribution in [2.45, 2.75) is 6.92 Å². The van der Waals surface area contributed by atoms with E-state index in [0.29, 0.717) is 0 Å². The van der Waals surface area contributed by atoms with Gasteiger partial charge < -0.3 is 0 Å². The predicted octanol–water partition coefficient (Wildman–Crippen LogP) is 3.50. The van der Waals surface area contributed by atoms with E-state index >= 15 is 0 Å². The molecule has 21 heavy (non-hydrogen) atoms. The number of imidazole rings is 1. The Kier molecular flexibility index (Phi) is 2.60. The van der Waals surface area contributed by atoms with Crippen LogP contribution in [0.25, 0.3) is 22.6 Å². The van der Waals surface area contributed by atoms with E-state index in [4.69, 9.17) is 0 Å². The Morgan fingerprint density at radius 2 is 1.90 bits per heavy atom. The van der Waals surface area contributed by atoms with Crippen molar-refractivity contribution in [1.29, 1.82) is 0 Å². The van der Waals surface area contributed by atoms with Crippen LogP contribution in [0.2, 0.25) is 0 Å². The maximum absolute atomic E-state index is 4.61. The first-order chi connectivity index (χ1) is 10.3. The first-order valence-corrected chi connectivity index (χ1v) is 6.86. The van der Waals surface area contributed by atoms with Gasteiger partial charge in [0.25, 0.3) is 0 Å². The van der Waals surface area contributed by atoms with Crippen LogP contribution in [0.5, 0.6) is 0 Å². The predicted molar refractivity (Wildman–Crippen MR) is 82.5 cm³/mol. The van der Waals surface area contributed by atoms with Crippen LogP contribution in [0.15, 0.2) is 67.3 Å². The third kappa shape index (κ3) is 1.92. The highest BCUT2D eigenvalue weighted by Gasteiger charge is 2.10. The summed E-state index contributed by atoms with van der Waals surface area (Å²) in [6.45, 7) is 2.12. The van der Waals surface area contributed by atoms with Crippen molar-refractivity contribution in [3.8, 4) is 16.9 Å². The van der Waals surface area contributed by atoms with E-state index in [1.165, 1.54) is 11.3 Å². The molecule has 0 spiro atoms. The summed E-state index contributed by atoms with van der Waals surface area (Å²) in [6.07, 6.45) is 7.62.